The van der Waals surface area contributed by atoms with Crippen molar-refractivity contribution >= 4 is 28.8 Å². The second kappa shape index (κ2) is 7.38. The summed E-state index contributed by atoms with van der Waals surface area (Å²) in [6, 6.07) is 6.32. The molecule has 24 heavy (non-hydrogen) atoms. The van der Waals surface area contributed by atoms with Crippen molar-refractivity contribution in [1.82, 2.24) is 9.37 Å². The zero-order valence-corrected chi connectivity index (χ0v) is 13.4. The molecule has 0 saturated carbocycles. The minimum Gasteiger partial charge on any atom is -0.399 e. The van der Waals surface area contributed by atoms with Gasteiger partial charge in [0.2, 0.25) is 6.41 Å². The molecule has 1 aliphatic heterocycles. The van der Waals surface area contributed by atoms with Crippen LogP contribution in [0.15, 0.2) is 35.5 Å². The first-order valence-electron chi connectivity index (χ1n) is 6.68. The van der Waals surface area contributed by atoms with Crippen molar-refractivity contribution in [3.05, 3.63) is 35.9 Å². The summed E-state index contributed by atoms with van der Waals surface area (Å²) in [7, 11) is -3.58. The van der Waals surface area contributed by atoms with Crippen LogP contribution in [-0.2, 0) is 36.2 Å². The van der Waals surface area contributed by atoms with E-state index in [0.29, 0.717) is 5.06 Å². The smallest absolute Gasteiger partial charge is 0.362 e. The van der Waals surface area contributed by atoms with Crippen molar-refractivity contribution in [3.63, 3.8) is 0 Å². The Morgan fingerprint density at radius 2 is 2.04 bits per heavy atom. The number of benzene rings is 1. The highest BCUT2D eigenvalue weighted by Gasteiger charge is 2.56. The predicted octanol–water partition coefficient (Wildman–Crippen LogP) is -0.409. The van der Waals surface area contributed by atoms with Gasteiger partial charge < -0.3 is 4.84 Å². The lowest BCUT2D eigenvalue weighted by Gasteiger charge is -2.44. The van der Waals surface area contributed by atoms with Gasteiger partial charge in [0.1, 0.15) is 19.8 Å². The van der Waals surface area contributed by atoms with Crippen molar-refractivity contribution in [3.8, 4) is 0 Å². The summed E-state index contributed by atoms with van der Waals surface area (Å²) in [4.78, 5) is 32.9. The molecule has 1 aliphatic rings. The molecular formula is C13H15N3O7S. The van der Waals surface area contributed by atoms with Gasteiger partial charge in [-0.15, -0.1) is 0 Å². The van der Waals surface area contributed by atoms with Gasteiger partial charge >= 0.3 is 10.3 Å². The lowest BCUT2D eigenvalue weighted by Crippen LogP contribution is -2.72. The zero-order valence-electron chi connectivity index (χ0n) is 12.5. The molecule has 1 aromatic carbocycles. The molecule has 130 valence electrons. The van der Waals surface area contributed by atoms with Gasteiger partial charge in [-0.25, -0.2) is 9.37 Å². The van der Waals surface area contributed by atoms with E-state index >= 15 is 0 Å². The molecular weight excluding hydrogens is 342 g/mol. The molecule has 1 N–H and O–H groups in total. The maximum Gasteiger partial charge on any atom is 0.362 e. The molecule has 1 fully saturated rings. The number of rotatable bonds is 8. The Morgan fingerprint density at radius 3 is 2.58 bits per heavy atom. The molecule has 1 aromatic rings. The predicted molar refractivity (Wildman–Crippen MR) is 80.6 cm³/mol. The molecule has 2 atom stereocenters. The lowest BCUT2D eigenvalue weighted by atomic mass is 10.0. The molecule has 1 heterocycles. The summed E-state index contributed by atoms with van der Waals surface area (Å²) >= 11 is 0. The van der Waals surface area contributed by atoms with Gasteiger partial charge in [-0.05, 0) is 5.56 Å². The quantitative estimate of drug-likeness (QED) is 0.220. The number of hydroxylamine groups is 2. The summed E-state index contributed by atoms with van der Waals surface area (Å²) in [5.41, 5.74) is 0.741. The van der Waals surface area contributed by atoms with Crippen molar-refractivity contribution in [2.75, 3.05) is 7.11 Å². The highest BCUT2D eigenvalue weighted by Crippen LogP contribution is 2.27. The molecule has 1 saturated heterocycles. The third-order valence-electron chi connectivity index (χ3n) is 3.23. The summed E-state index contributed by atoms with van der Waals surface area (Å²) < 4.78 is 31.8. The number of β-lactam (4-membered cyclic amide) rings is 1. The summed E-state index contributed by atoms with van der Waals surface area (Å²) in [5, 5.41) is 4.07. The summed E-state index contributed by atoms with van der Waals surface area (Å²) in [5.74, 6) is -1.02. The Balaban J connectivity index is 2.15. The molecule has 0 aliphatic carbocycles. The molecule has 11 heteroatoms. The first-order chi connectivity index (χ1) is 11.4. The molecule has 0 radical (unpaired) electrons. The second-order valence-corrected chi connectivity index (χ2v) is 6.00. The van der Waals surface area contributed by atoms with Crippen molar-refractivity contribution < 1.29 is 32.2 Å². The Hall–Kier alpha value is -2.50. The summed E-state index contributed by atoms with van der Waals surface area (Å²) in [6.07, 6.45) is 1.22. The van der Waals surface area contributed by atoms with E-state index in [1.807, 2.05) is 0 Å². The maximum atomic E-state index is 12.0. The van der Waals surface area contributed by atoms with Gasteiger partial charge in [-0.3, -0.25) is 19.0 Å². The first kappa shape index (κ1) is 17.8. The fourth-order valence-corrected chi connectivity index (χ4v) is 2.97. The Bertz CT molecular complexity index is 722. The average molecular weight is 357 g/mol. The number of hydrogen-bond donors (Lipinski definition) is 1. The van der Waals surface area contributed by atoms with Crippen LogP contribution in [0.3, 0.4) is 0 Å². The molecule has 0 unspecified atom stereocenters. The molecule has 2 amide bonds. The summed E-state index contributed by atoms with van der Waals surface area (Å²) in [6.45, 7) is -0.0105. The fourth-order valence-electron chi connectivity index (χ4n) is 2.16. The first-order valence-corrected chi connectivity index (χ1v) is 8.07. The highest BCUT2D eigenvalue weighted by atomic mass is 32.2. The normalized spacial score (nSPS) is 20.8. The van der Waals surface area contributed by atoms with E-state index in [0.717, 1.165) is 11.8 Å². The van der Waals surface area contributed by atoms with E-state index < -0.39 is 28.3 Å². The van der Waals surface area contributed by atoms with Crippen LogP contribution in [0.4, 0.5) is 0 Å². The van der Waals surface area contributed by atoms with Gasteiger partial charge in [0.25, 0.3) is 5.91 Å². The SMILES string of the molecule is CON=C[C@@H]1[C@H](N(C=O)OCc2ccccc2)C(=O)N1S(=O)(=O)O. The van der Waals surface area contributed by atoms with Crippen molar-refractivity contribution in [1.29, 1.82) is 0 Å². The largest absolute Gasteiger partial charge is 0.399 e. The Kier molecular flexibility index (Phi) is 5.49. The van der Waals surface area contributed by atoms with Gasteiger partial charge in [-0.2, -0.15) is 8.42 Å². The standard InChI is InChI=1S/C13H15N3O7S/c1-22-14-7-11-12(13(18)16(11)24(19,20)21)15(9-17)23-8-10-5-3-2-4-6-10/h2-7,9,11-12H,8H2,1H3,(H,19,20,21)/t11-,12+/m1/s1. The van der Waals surface area contributed by atoms with Crippen molar-refractivity contribution in [2.24, 2.45) is 5.16 Å². The van der Waals surface area contributed by atoms with E-state index in [9.17, 15) is 18.0 Å². The van der Waals surface area contributed by atoms with Gasteiger partial charge in [0, 0.05) is 0 Å². The van der Waals surface area contributed by atoms with Crippen LogP contribution in [0.5, 0.6) is 0 Å². The maximum absolute atomic E-state index is 12.0. The number of oxime groups is 1. The van der Waals surface area contributed by atoms with Crippen molar-refractivity contribution in [2.45, 2.75) is 18.7 Å². The molecule has 2 rings (SSSR count). The van der Waals surface area contributed by atoms with Crippen LogP contribution in [0.1, 0.15) is 5.56 Å². The zero-order chi connectivity index (χ0) is 17.7. The van der Waals surface area contributed by atoms with E-state index in [1.165, 1.54) is 7.11 Å². The Labute approximate surface area is 138 Å². The number of carbonyl (C=O) groups excluding carboxylic acids is 2. The van der Waals surface area contributed by atoms with Crippen LogP contribution in [0, 0.1) is 0 Å². The van der Waals surface area contributed by atoms with Gasteiger partial charge in [-0.1, -0.05) is 35.5 Å². The molecule has 0 aromatic heterocycles. The Morgan fingerprint density at radius 1 is 1.38 bits per heavy atom. The van der Waals surface area contributed by atoms with Crippen LogP contribution >= 0.6 is 0 Å². The van der Waals surface area contributed by atoms with Crippen LogP contribution in [0.25, 0.3) is 0 Å². The van der Waals surface area contributed by atoms with E-state index in [4.69, 9.17) is 9.39 Å². The molecule has 10 nitrogen and oxygen atoms in total. The minimum absolute atomic E-state index is 0.0105. The fraction of sp³-hybridized carbons (Fsp3) is 0.308. The third kappa shape index (κ3) is 3.69. The van der Waals surface area contributed by atoms with E-state index in [-0.39, 0.29) is 17.3 Å². The second-order valence-electron chi connectivity index (χ2n) is 4.71. The highest BCUT2D eigenvalue weighted by molar-refractivity contribution is 7.84. The monoisotopic (exact) mass is 357 g/mol. The number of hydrogen-bond acceptors (Lipinski definition) is 7. The topological polar surface area (TPSA) is 126 Å². The van der Waals surface area contributed by atoms with Gasteiger partial charge in [0.15, 0.2) is 6.04 Å². The van der Waals surface area contributed by atoms with E-state index in [1.54, 1.807) is 30.3 Å². The number of nitrogens with zero attached hydrogens (tertiary/aromatic N) is 3. The lowest BCUT2D eigenvalue weighted by molar-refractivity contribution is -0.211. The van der Waals surface area contributed by atoms with Gasteiger partial charge in [0.05, 0.1) is 6.21 Å². The number of amides is 2. The van der Waals surface area contributed by atoms with Crippen LogP contribution in [-0.4, -0.2) is 60.1 Å². The molecule has 0 spiro atoms. The van der Waals surface area contributed by atoms with Crippen LogP contribution in [0.2, 0.25) is 0 Å². The average Bonchev–Trinajstić information content (AvgIpc) is 2.54. The third-order valence-corrected chi connectivity index (χ3v) is 4.15. The van der Waals surface area contributed by atoms with Crippen LogP contribution < -0.4 is 0 Å². The minimum atomic E-state index is -4.80. The van der Waals surface area contributed by atoms with E-state index in [2.05, 4.69) is 9.99 Å². The number of carbonyl (C=O) groups is 2. The molecule has 0 bridgehead atoms.